The van der Waals surface area contributed by atoms with E-state index >= 15 is 0 Å². The van der Waals surface area contributed by atoms with Crippen molar-refractivity contribution in [2.75, 3.05) is 53.4 Å². The maximum absolute atomic E-state index is 14.4. The van der Waals surface area contributed by atoms with Crippen molar-refractivity contribution in [3.05, 3.63) is 94.1 Å². The van der Waals surface area contributed by atoms with Gasteiger partial charge in [0.2, 0.25) is 18.1 Å². The zero-order valence-corrected chi connectivity index (χ0v) is 43.3. The Bertz CT molecular complexity index is 2500. The molecule has 8 rings (SSSR count). The number of piperidine rings is 1. The second kappa shape index (κ2) is 21.0. The van der Waals surface area contributed by atoms with E-state index in [0.717, 1.165) is 79.9 Å². The van der Waals surface area contributed by atoms with Gasteiger partial charge in [0.25, 0.3) is 0 Å². The summed E-state index contributed by atoms with van der Waals surface area (Å²) in [5.74, 6) is 5.90. The number of aryl methyl sites for hydroxylation is 1. The monoisotopic (exact) mass is 973 g/mol. The zero-order chi connectivity index (χ0) is 50.1. The van der Waals surface area contributed by atoms with Gasteiger partial charge in [-0.15, -0.1) is 6.42 Å². The summed E-state index contributed by atoms with van der Waals surface area (Å²) in [6.45, 7) is 16.9. The molecule has 1 aliphatic carbocycles. The molecule has 5 aliphatic rings. The predicted octanol–water partition coefficient (Wildman–Crippen LogP) is 8.29. The summed E-state index contributed by atoms with van der Waals surface area (Å²) in [6.07, 6.45) is 14.8. The number of halogens is 1. The average molecular weight is 974 g/mol. The van der Waals surface area contributed by atoms with Crippen LogP contribution in [-0.2, 0) is 16.0 Å². The Kier molecular flexibility index (Phi) is 15.5. The number of hydrogen-bond acceptors (Lipinski definition) is 9. The number of fused-ring (bicyclic) bond motifs is 1. The first-order valence-corrected chi connectivity index (χ1v) is 26.0. The Morgan fingerprint density at radius 2 is 1.81 bits per heavy atom. The summed E-state index contributed by atoms with van der Waals surface area (Å²) in [6, 6.07) is 21.7. The fourth-order valence-electron chi connectivity index (χ4n) is 13.1. The van der Waals surface area contributed by atoms with Gasteiger partial charge in [0, 0.05) is 80.3 Å². The van der Waals surface area contributed by atoms with Gasteiger partial charge in [-0.3, -0.25) is 19.4 Å². The number of amides is 2. The molecule has 0 bridgehead atoms. The van der Waals surface area contributed by atoms with Gasteiger partial charge in [-0.2, -0.15) is 5.26 Å². The molecule has 4 heterocycles. The molecule has 0 aromatic heterocycles. The lowest BCUT2D eigenvalue weighted by Crippen LogP contribution is -2.78. The smallest absolute Gasteiger partial charge is 0.244 e. The van der Waals surface area contributed by atoms with Crippen molar-refractivity contribution in [3.63, 3.8) is 0 Å². The molecule has 8 atom stereocenters. The third-order valence-corrected chi connectivity index (χ3v) is 17.0. The van der Waals surface area contributed by atoms with Gasteiger partial charge in [0.1, 0.15) is 29.4 Å². The predicted molar refractivity (Wildman–Crippen MR) is 276 cm³/mol. The molecule has 4 fully saturated rings. The van der Waals surface area contributed by atoms with E-state index in [9.17, 15) is 20.0 Å². The number of rotatable bonds is 16. The summed E-state index contributed by atoms with van der Waals surface area (Å²) < 4.78 is 13.7. The Morgan fingerprint density at radius 1 is 1.07 bits per heavy atom. The molecule has 4 aliphatic heterocycles. The Hall–Kier alpha value is -4.92. The highest BCUT2D eigenvalue weighted by Crippen LogP contribution is 2.56. The van der Waals surface area contributed by atoms with Crippen LogP contribution in [0.3, 0.4) is 0 Å². The Morgan fingerprint density at radius 3 is 2.50 bits per heavy atom. The topological polar surface area (TPSA) is 139 Å². The van der Waals surface area contributed by atoms with Crippen LogP contribution in [0.5, 0.6) is 17.2 Å². The molecular formula is C57H75ClN7O5+. The number of aliphatic hydroxyl groups excluding tert-OH is 1. The number of aliphatic hydroxyl groups is 1. The number of benzene rings is 3. The van der Waals surface area contributed by atoms with Crippen LogP contribution >= 0.6 is 11.6 Å². The second-order valence-electron chi connectivity index (χ2n) is 22.3. The Labute approximate surface area is 421 Å². The van der Waals surface area contributed by atoms with Crippen LogP contribution in [0, 0.1) is 52.3 Å². The number of quaternary nitrogens is 1. The van der Waals surface area contributed by atoms with Crippen molar-refractivity contribution in [2.24, 2.45) is 28.6 Å². The molecule has 2 amide bonds. The maximum Gasteiger partial charge on any atom is 0.244 e. The van der Waals surface area contributed by atoms with E-state index in [1.165, 1.54) is 12.0 Å². The number of likely N-dealkylation sites (N-methyl/N-ethyl adjacent to an activating group) is 1. The average Bonchev–Trinajstić information content (AvgIpc) is 3.84. The number of carbonyl (C=O) groups excluding carboxylic acids is 2. The number of carbonyl (C=O) groups is 2. The van der Waals surface area contributed by atoms with E-state index in [1.807, 2.05) is 19.3 Å². The molecule has 0 spiro atoms. The van der Waals surface area contributed by atoms with E-state index in [1.54, 1.807) is 23.1 Å². The van der Waals surface area contributed by atoms with Crippen LogP contribution in [0.1, 0.15) is 108 Å². The van der Waals surface area contributed by atoms with Crippen LogP contribution in [0.15, 0.2) is 66.9 Å². The van der Waals surface area contributed by atoms with Crippen molar-refractivity contribution in [2.45, 2.75) is 123 Å². The van der Waals surface area contributed by atoms with Gasteiger partial charge in [-0.1, -0.05) is 71.3 Å². The van der Waals surface area contributed by atoms with E-state index in [2.05, 4.69) is 118 Å². The van der Waals surface area contributed by atoms with E-state index in [0.29, 0.717) is 46.2 Å². The molecule has 1 saturated carbocycles. The summed E-state index contributed by atoms with van der Waals surface area (Å²) in [4.78, 5) is 31.7. The molecule has 3 aromatic carbocycles. The molecule has 4 N–H and O–H groups in total. The lowest BCUT2D eigenvalue weighted by atomic mass is 9.49. The first-order valence-electron chi connectivity index (χ1n) is 25.6. The fraction of sp³-hybridized carbons (Fsp3) is 0.561. The van der Waals surface area contributed by atoms with Crippen LogP contribution in [-0.4, -0.2) is 115 Å². The van der Waals surface area contributed by atoms with Gasteiger partial charge >= 0.3 is 0 Å². The van der Waals surface area contributed by atoms with Gasteiger partial charge < -0.3 is 30.1 Å². The van der Waals surface area contributed by atoms with Gasteiger partial charge in [0.05, 0.1) is 36.1 Å². The molecule has 374 valence electrons. The van der Waals surface area contributed by atoms with E-state index in [-0.39, 0.29) is 77.5 Å². The summed E-state index contributed by atoms with van der Waals surface area (Å²) in [7, 11) is 4.07. The number of nitrogens with zero attached hydrogens (tertiary/aromatic N) is 4. The number of terminal acetylenes is 1. The number of ether oxygens (including phenoxy) is 2. The van der Waals surface area contributed by atoms with Crippen molar-refractivity contribution < 1.29 is 28.7 Å². The highest BCUT2D eigenvalue weighted by atomic mass is 35.5. The standard InChI is InChI=1S/C57H74ClN7O5/c1-10-42(11-2)65(9)35-41(51(67)62-53-56(4,5)54(57(53,6)7)70-44-22-18-40(31-59)48(58)30-44)32-61-55(65)64-27-12-13-38(33-64)15-14-37-16-20-43(21-17-37)69-49-23-19-39(36(3)25-28-66)29-46(49)47-34-63(8)52(68)50-45(47)24-26-60-50/h1,16-23,29-30,34,36,38,41-42,45,50,53-55,60-61,66H,11-15,24-28,32-33,35H2,2-9H3/p+1. The number of likely N-dealkylation sites (tertiary alicyclic amines) is 1. The quantitative estimate of drug-likeness (QED) is 0.0826. The summed E-state index contributed by atoms with van der Waals surface area (Å²) in [5, 5.41) is 30.2. The van der Waals surface area contributed by atoms with Crippen molar-refractivity contribution in [1.82, 2.24) is 25.8 Å². The number of nitriles is 1. The van der Waals surface area contributed by atoms with Gasteiger partial charge in [-0.25, -0.2) is 4.90 Å². The van der Waals surface area contributed by atoms with Crippen molar-refractivity contribution in [1.29, 1.82) is 5.26 Å². The minimum Gasteiger partial charge on any atom is -0.489 e. The first-order chi connectivity index (χ1) is 33.4. The van der Waals surface area contributed by atoms with Crippen LogP contribution in [0.2, 0.25) is 5.02 Å². The van der Waals surface area contributed by atoms with Crippen LogP contribution in [0.4, 0.5) is 0 Å². The highest BCUT2D eigenvalue weighted by molar-refractivity contribution is 6.31. The zero-order valence-electron chi connectivity index (χ0n) is 42.6. The van der Waals surface area contributed by atoms with Gasteiger partial charge in [0.15, 0.2) is 6.04 Å². The minimum absolute atomic E-state index is 0.00387. The van der Waals surface area contributed by atoms with Crippen molar-refractivity contribution >= 4 is 29.0 Å². The molecule has 3 saturated heterocycles. The van der Waals surface area contributed by atoms with Crippen LogP contribution in [0.25, 0.3) is 5.57 Å². The first kappa shape index (κ1) is 51.4. The third-order valence-electron chi connectivity index (χ3n) is 16.7. The molecule has 8 unspecified atom stereocenters. The molecule has 0 radical (unpaired) electrons. The van der Waals surface area contributed by atoms with E-state index in [4.69, 9.17) is 27.5 Å². The number of hydrogen-bond donors (Lipinski definition) is 4. The normalized spacial score (nSPS) is 29.1. The molecule has 70 heavy (non-hydrogen) atoms. The lowest BCUT2D eigenvalue weighted by Gasteiger charge is -2.63. The summed E-state index contributed by atoms with van der Waals surface area (Å²) in [5.41, 5.74) is 4.18. The largest absolute Gasteiger partial charge is 0.489 e. The molecule has 13 heteroatoms. The van der Waals surface area contributed by atoms with Crippen LogP contribution < -0.4 is 25.4 Å². The van der Waals surface area contributed by atoms with Gasteiger partial charge in [-0.05, 0) is 116 Å². The van der Waals surface area contributed by atoms with E-state index < -0.39 is 0 Å². The fourth-order valence-corrected chi connectivity index (χ4v) is 13.3. The SMILES string of the molecule is C#CC(CC)[N+]1(C)CC(C(=O)NC2C(C)(C)C(Oc3ccc(C#N)c(Cl)c3)C2(C)C)CNC1N1CCCC(CCc2ccc(Oc3ccc(C(C)CCO)cc3C3=CN(C)C(=O)C4NCCC34)cc2)C1. The lowest BCUT2D eigenvalue weighted by molar-refractivity contribution is -0.969. The minimum atomic E-state index is -0.366. The van der Waals surface area contributed by atoms with Crippen molar-refractivity contribution in [3.8, 4) is 35.7 Å². The maximum atomic E-state index is 14.4. The number of nitrogens with one attached hydrogen (secondary N) is 3. The summed E-state index contributed by atoms with van der Waals surface area (Å²) >= 11 is 6.34. The molecule has 12 nitrogen and oxygen atoms in total. The second-order valence-corrected chi connectivity index (χ2v) is 22.7. The Balaban J connectivity index is 0.896. The third kappa shape index (κ3) is 10.1. The molecular weight excluding hydrogens is 898 g/mol. The highest BCUT2D eigenvalue weighted by Gasteiger charge is 2.64. The molecule has 3 aromatic rings.